The van der Waals surface area contributed by atoms with E-state index in [0.717, 1.165) is 0 Å². The molecule has 0 heterocycles. The van der Waals surface area contributed by atoms with E-state index in [1.54, 1.807) is 5.32 Å². The van der Waals surface area contributed by atoms with Crippen LogP contribution in [0.4, 0.5) is 18.9 Å². The first-order valence-electron chi connectivity index (χ1n) is 5.29. The second kappa shape index (κ2) is 6.47. The SMILES string of the molecule is O=C(CC(=O)Nc1ccc(O)c(Cl)c1)NCC(F)(F)F. The van der Waals surface area contributed by atoms with Gasteiger partial charge in [0.15, 0.2) is 0 Å². The molecule has 1 rings (SSSR count). The van der Waals surface area contributed by atoms with E-state index in [2.05, 4.69) is 5.32 Å². The molecule has 0 saturated heterocycles. The fourth-order valence-electron chi connectivity index (χ4n) is 1.20. The highest BCUT2D eigenvalue weighted by Gasteiger charge is 2.27. The number of amides is 2. The highest BCUT2D eigenvalue weighted by atomic mass is 35.5. The van der Waals surface area contributed by atoms with Gasteiger partial charge in [0, 0.05) is 5.69 Å². The summed E-state index contributed by atoms with van der Waals surface area (Å²) < 4.78 is 35.5. The van der Waals surface area contributed by atoms with E-state index < -0.39 is 31.0 Å². The quantitative estimate of drug-likeness (QED) is 0.588. The van der Waals surface area contributed by atoms with Crippen molar-refractivity contribution >= 4 is 29.1 Å². The number of aromatic hydroxyl groups is 1. The molecule has 0 aromatic heterocycles. The molecule has 9 heteroatoms. The summed E-state index contributed by atoms with van der Waals surface area (Å²) in [6, 6.07) is 3.79. The van der Waals surface area contributed by atoms with E-state index in [1.165, 1.54) is 18.2 Å². The number of nitrogens with one attached hydrogen (secondary N) is 2. The highest BCUT2D eigenvalue weighted by molar-refractivity contribution is 6.32. The van der Waals surface area contributed by atoms with Gasteiger partial charge < -0.3 is 15.7 Å². The van der Waals surface area contributed by atoms with Gasteiger partial charge in [-0.1, -0.05) is 11.6 Å². The average Bonchev–Trinajstić information content (AvgIpc) is 2.30. The Hall–Kier alpha value is -1.96. The number of benzene rings is 1. The van der Waals surface area contributed by atoms with E-state index in [-0.39, 0.29) is 16.5 Å². The summed E-state index contributed by atoms with van der Waals surface area (Å²) in [6.45, 7) is -1.50. The van der Waals surface area contributed by atoms with Gasteiger partial charge >= 0.3 is 6.18 Å². The zero-order valence-electron chi connectivity index (χ0n) is 9.92. The molecule has 0 aliphatic heterocycles. The van der Waals surface area contributed by atoms with Gasteiger partial charge in [0.05, 0.1) is 5.02 Å². The Morgan fingerprint density at radius 1 is 1.25 bits per heavy atom. The van der Waals surface area contributed by atoms with Crippen molar-refractivity contribution in [2.45, 2.75) is 12.6 Å². The Morgan fingerprint density at radius 2 is 1.90 bits per heavy atom. The van der Waals surface area contributed by atoms with Crippen molar-refractivity contribution in [3.05, 3.63) is 23.2 Å². The van der Waals surface area contributed by atoms with E-state index in [9.17, 15) is 22.8 Å². The minimum Gasteiger partial charge on any atom is -0.506 e. The smallest absolute Gasteiger partial charge is 0.405 e. The van der Waals surface area contributed by atoms with Crippen molar-refractivity contribution in [1.29, 1.82) is 0 Å². The van der Waals surface area contributed by atoms with Crippen molar-refractivity contribution < 1.29 is 27.9 Å². The normalized spacial score (nSPS) is 11.0. The first kappa shape index (κ1) is 16.1. The van der Waals surface area contributed by atoms with Crippen LogP contribution in [0.25, 0.3) is 0 Å². The lowest BCUT2D eigenvalue weighted by molar-refractivity contribution is -0.140. The molecule has 0 atom stereocenters. The molecule has 0 bridgehead atoms. The summed E-state index contributed by atoms with van der Waals surface area (Å²) >= 11 is 5.60. The topological polar surface area (TPSA) is 78.4 Å². The molecule has 5 nitrogen and oxygen atoms in total. The van der Waals surface area contributed by atoms with Crippen molar-refractivity contribution in [3.63, 3.8) is 0 Å². The zero-order chi connectivity index (χ0) is 15.3. The second-order valence-electron chi connectivity index (χ2n) is 3.78. The number of alkyl halides is 3. The first-order chi connectivity index (χ1) is 9.17. The molecule has 1 aromatic carbocycles. The summed E-state index contributed by atoms with van der Waals surface area (Å²) in [6.07, 6.45) is -5.29. The third-order valence-corrected chi connectivity index (χ3v) is 2.34. The van der Waals surface area contributed by atoms with Crippen LogP contribution in [0.5, 0.6) is 5.75 Å². The minimum absolute atomic E-state index is 0.00989. The molecular weight excluding hydrogens is 301 g/mol. The van der Waals surface area contributed by atoms with E-state index in [0.29, 0.717) is 0 Å². The Labute approximate surface area is 116 Å². The van der Waals surface area contributed by atoms with E-state index in [4.69, 9.17) is 16.7 Å². The predicted molar refractivity (Wildman–Crippen MR) is 65.4 cm³/mol. The first-order valence-corrected chi connectivity index (χ1v) is 5.67. The maximum atomic E-state index is 11.8. The maximum absolute atomic E-state index is 11.8. The predicted octanol–water partition coefficient (Wildman–Crippen LogP) is 2.05. The van der Waals surface area contributed by atoms with Gasteiger partial charge in [-0.2, -0.15) is 13.2 Å². The Bertz CT molecular complexity index is 520. The fourth-order valence-corrected chi connectivity index (χ4v) is 1.38. The second-order valence-corrected chi connectivity index (χ2v) is 4.19. The lowest BCUT2D eigenvalue weighted by atomic mass is 10.3. The van der Waals surface area contributed by atoms with Crippen LogP contribution in [0.1, 0.15) is 6.42 Å². The van der Waals surface area contributed by atoms with Crippen molar-refractivity contribution in [1.82, 2.24) is 5.32 Å². The van der Waals surface area contributed by atoms with Crippen LogP contribution in [-0.4, -0.2) is 29.6 Å². The van der Waals surface area contributed by atoms with Gasteiger partial charge in [-0.25, -0.2) is 0 Å². The molecule has 0 spiro atoms. The number of anilines is 1. The van der Waals surface area contributed by atoms with Gasteiger partial charge in [-0.05, 0) is 18.2 Å². The lowest BCUT2D eigenvalue weighted by Crippen LogP contribution is -2.35. The molecule has 0 radical (unpaired) electrons. The standard InChI is InChI=1S/C11H10ClF3N2O3/c12-7-3-6(1-2-8(7)18)17-10(20)4-9(19)16-5-11(13,14)15/h1-3,18H,4-5H2,(H,16,19)(H,17,20). The number of rotatable bonds is 4. The molecule has 0 aliphatic carbocycles. The molecule has 0 fully saturated rings. The Balaban J connectivity index is 2.47. The van der Waals surface area contributed by atoms with Crippen molar-refractivity contribution in [2.75, 3.05) is 11.9 Å². The average molecular weight is 311 g/mol. The Morgan fingerprint density at radius 3 is 2.45 bits per heavy atom. The van der Waals surface area contributed by atoms with Crippen molar-refractivity contribution in [2.24, 2.45) is 0 Å². The van der Waals surface area contributed by atoms with Crippen LogP contribution in [0, 0.1) is 0 Å². The molecule has 0 saturated carbocycles. The third kappa shape index (κ3) is 5.79. The molecule has 0 aliphatic rings. The van der Waals surface area contributed by atoms with Crippen LogP contribution in [0.2, 0.25) is 5.02 Å². The van der Waals surface area contributed by atoms with Crippen LogP contribution in [0.3, 0.4) is 0 Å². The molecule has 20 heavy (non-hydrogen) atoms. The maximum Gasteiger partial charge on any atom is 0.405 e. The molecule has 110 valence electrons. The van der Waals surface area contributed by atoms with Crippen LogP contribution in [0.15, 0.2) is 18.2 Å². The number of hydrogen-bond acceptors (Lipinski definition) is 3. The number of phenols is 1. The number of carbonyl (C=O) groups excluding carboxylic acids is 2. The van der Waals surface area contributed by atoms with Gasteiger partial charge in [-0.3, -0.25) is 9.59 Å². The van der Waals surface area contributed by atoms with Gasteiger partial charge in [0.25, 0.3) is 0 Å². The summed E-state index contributed by atoms with van der Waals surface area (Å²) in [4.78, 5) is 22.5. The summed E-state index contributed by atoms with van der Waals surface area (Å²) in [5.41, 5.74) is 0.210. The molecule has 0 unspecified atom stereocenters. The number of phenolic OH excluding ortho intramolecular Hbond substituents is 1. The van der Waals surface area contributed by atoms with E-state index in [1.807, 2.05) is 0 Å². The summed E-state index contributed by atoms with van der Waals surface area (Å²) in [5, 5.41) is 13.0. The minimum atomic E-state index is -4.53. The van der Waals surface area contributed by atoms with E-state index >= 15 is 0 Å². The summed E-state index contributed by atoms with van der Waals surface area (Å²) in [7, 11) is 0. The highest BCUT2D eigenvalue weighted by Crippen LogP contribution is 2.26. The number of hydrogen-bond donors (Lipinski definition) is 3. The monoisotopic (exact) mass is 310 g/mol. The molecule has 3 N–H and O–H groups in total. The van der Waals surface area contributed by atoms with Gasteiger partial charge in [-0.15, -0.1) is 0 Å². The van der Waals surface area contributed by atoms with Crippen LogP contribution >= 0.6 is 11.6 Å². The van der Waals surface area contributed by atoms with Crippen molar-refractivity contribution in [3.8, 4) is 5.75 Å². The number of halogens is 4. The lowest BCUT2D eigenvalue weighted by Gasteiger charge is -2.09. The third-order valence-electron chi connectivity index (χ3n) is 2.04. The van der Waals surface area contributed by atoms with Crippen LogP contribution < -0.4 is 10.6 Å². The van der Waals surface area contributed by atoms with Gasteiger partial charge in [0.1, 0.15) is 18.7 Å². The largest absolute Gasteiger partial charge is 0.506 e. The summed E-state index contributed by atoms with van der Waals surface area (Å²) in [5.74, 6) is -2.04. The molecule has 1 aromatic rings. The fraction of sp³-hybridized carbons (Fsp3) is 0.273. The number of carbonyl (C=O) groups is 2. The zero-order valence-corrected chi connectivity index (χ0v) is 10.7. The Kier molecular flexibility index (Phi) is 5.20. The van der Waals surface area contributed by atoms with Crippen LogP contribution in [-0.2, 0) is 9.59 Å². The molecule has 2 amide bonds. The molecular formula is C11H10ClF3N2O3. The van der Waals surface area contributed by atoms with Gasteiger partial charge in [0.2, 0.25) is 11.8 Å².